The van der Waals surface area contributed by atoms with Crippen LogP contribution in [-0.4, -0.2) is 23.5 Å². The maximum absolute atomic E-state index is 11.3. The molecule has 0 aliphatic heterocycles. The van der Waals surface area contributed by atoms with Crippen molar-refractivity contribution in [1.29, 1.82) is 0 Å². The maximum Gasteiger partial charge on any atom is 0.221 e. The number of amides is 1. The monoisotopic (exact) mass is 375 g/mol. The van der Waals surface area contributed by atoms with Crippen LogP contribution in [0.1, 0.15) is 48.3 Å². The van der Waals surface area contributed by atoms with E-state index in [1.54, 1.807) is 0 Å². The summed E-state index contributed by atoms with van der Waals surface area (Å²) in [6.07, 6.45) is 8.39. The first-order valence-electron chi connectivity index (χ1n) is 10.3. The van der Waals surface area contributed by atoms with Gasteiger partial charge < -0.3 is 16.0 Å². The molecule has 4 rings (SSSR count). The van der Waals surface area contributed by atoms with Crippen molar-refractivity contribution in [3.8, 4) is 0 Å². The molecule has 4 nitrogen and oxygen atoms in total. The van der Waals surface area contributed by atoms with Crippen LogP contribution in [-0.2, 0) is 17.6 Å². The Bertz CT molecular complexity index is 923. The Morgan fingerprint density at radius 1 is 1.04 bits per heavy atom. The lowest BCUT2D eigenvalue weighted by Crippen LogP contribution is -2.34. The van der Waals surface area contributed by atoms with Crippen LogP contribution in [0.5, 0.6) is 0 Å². The summed E-state index contributed by atoms with van der Waals surface area (Å²) in [4.78, 5) is 14.6. The fourth-order valence-electron chi connectivity index (χ4n) is 4.51. The predicted octanol–water partition coefficient (Wildman–Crippen LogP) is 4.05. The van der Waals surface area contributed by atoms with Gasteiger partial charge in [0.1, 0.15) is 0 Å². The summed E-state index contributed by atoms with van der Waals surface area (Å²) in [6, 6.07) is 17.5. The molecule has 0 unspecified atom stereocenters. The summed E-state index contributed by atoms with van der Waals surface area (Å²) < 4.78 is 0. The van der Waals surface area contributed by atoms with Crippen molar-refractivity contribution in [3.05, 3.63) is 71.4 Å². The molecule has 1 aromatic heterocycles. The van der Waals surface area contributed by atoms with Crippen LogP contribution in [0.15, 0.2) is 54.7 Å². The van der Waals surface area contributed by atoms with Gasteiger partial charge in [0, 0.05) is 23.1 Å². The molecular formula is C24H29N3O. The van der Waals surface area contributed by atoms with Crippen molar-refractivity contribution in [2.75, 3.05) is 6.54 Å². The zero-order valence-corrected chi connectivity index (χ0v) is 16.3. The predicted molar refractivity (Wildman–Crippen MR) is 114 cm³/mol. The SMILES string of the molecule is NC(=O)Cc1ccc2[nH]cc(C3CCC(NCCc4ccccc4)CC3)c2c1. The highest BCUT2D eigenvalue weighted by Crippen LogP contribution is 2.37. The number of nitrogens with one attached hydrogen (secondary N) is 2. The molecule has 1 saturated carbocycles. The molecule has 1 heterocycles. The van der Waals surface area contributed by atoms with Crippen LogP contribution in [0.2, 0.25) is 0 Å². The van der Waals surface area contributed by atoms with E-state index in [0.717, 1.165) is 24.0 Å². The van der Waals surface area contributed by atoms with E-state index >= 15 is 0 Å². The van der Waals surface area contributed by atoms with Gasteiger partial charge in [-0.1, -0.05) is 36.4 Å². The summed E-state index contributed by atoms with van der Waals surface area (Å²) in [5, 5.41) is 4.99. The number of primary amides is 1. The number of rotatable bonds is 7. The molecule has 0 spiro atoms. The Morgan fingerprint density at radius 2 is 1.82 bits per heavy atom. The van der Waals surface area contributed by atoms with Crippen molar-refractivity contribution >= 4 is 16.8 Å². The van der Waals surface area contributed by atoms with Crippen molar-refractivity contribution in [2.45, 2.75) is 50.5 Å². The van der Waals surface area contributed by atoms with E-state index in [1.807, 2.05) is 6.07 Å². The summed E-state index contributed by atoms with van der Waals surface area (Å²) in [5.41, 5.74) is 10.3. The Balaban J connectivity index is 1.34. The summed E-state index contributed by atoms with van der Waals surface area (Å²) >= 11 is 0. The minimum Gasteiger partial charge on any atom is -0.369 e. The first-order valence-corrected chi connectivity index (χ1v) is 10.3. The molecule has 1 aliphatic rings. The number of hydrogen-bond acceptors (Lipinski definition) is 2. The second-order valence-corrected chi connectivity index (χ2v) is 8.01. The Morgan fingerprint density at radius 3 is 2.57 bits per heavy atom. The van der Waals surface area contributed by atoms with Crippen molar-refractivity contribution in [1.82, 2.24) is 10.3 Å². The summed E-state index contributed by atoms with van der Waals surface area (Å²) in [6.45, 7) is 1.04. The number of nitrogens with two attached hydrogens (primary N) is 1. The second-order valence-electron chi connectivity index (χ2n) is 8.01. The van der Waals surface area contributed by atoms with Gasteiger partial charge in [-0.3, -0.25) is 4.79 Å². The highest BCUT2D eigenvalue weighted by Gasteiger charge is 2.24. The smallest absolute Gasteiger partial charge is 0.221 e. The fraction of sp³-hybridized carbons (Fsp3) is 0.375. The Kier molecular flexibility index (Phi) is 5.77. The zero-order valence-electron chi connectivity index (χ0n) is 16.3. The van der Waals surface area contributed by atoms with E-state index in [0.29, 0.717) is 18.4 Å². The van der Waals surface area contributed by atoms with E-state index < -0.39 is 0 Å². The van der Waals surface area contributed by atoms with E-state index in [-0.39, 0.29) is 5.91 Å². The molecule has 2 aromatic carbocycles. The standard InChI is InChI=1S/C24H29N3O/c25-24(28)15-18-6-11-23-21(14-18)22(16-27-23)19-7-9-20(10-8-19)26-13-12-17-4-2-1-3-5-17/h1-6,11,14,16,19-20,26-27H,7-10,12-13,15H2,(H2,25,28). The number of carbonyl (C=O) groups excluding carboxylic acids is 1. The van der Waals surface area contributed by atoms with Gasteiger partial charge in [0.15, 0.2) is 0 Å². The van der Waals surface area contributed by atoms with Crippen LogP contribution >= 0.6 is 0 Å². The molecular weight excluding hydrogens is 346 g/mol. The number of fused-ring (bicyclic) bond motifs is 1. The lowest BCUT2D eigenvalue weighted by Gasteiger charge is -2.29. The third-order valence-corrected chi connectivity index (χ3v) is 6.01. The molecule has 1 amide bonds. The molecule has 146 valence electrons. The third kappa shape index (κ3) is 4.45. The fourth-order valence-corrected chi connectivity index (χ4v) is 4.51. The largest absolute Gasteiger partial charge is 0.369 e. The van der Waals surface area contributed by atoms with E-state index in [1.165, 1.54) is 42.2 Å². The van der Waals surface area contributed by atoms with Gasteiger partial charge >= 0.3 is 0 Å². The van der Waals surface area contributed by atoms with Gasteiger partial charge in [0.2, 0.25) is 5.91 Å². The Labute approximate surface area is 166 Å². The van der Waals surface area contributed by atoms with E-state index in [9.17, 15) is 4.79 Å². The van der Waals surface area contributed by atoms with Gasteiger partial charge in [-0.05, 0) is 73.4 Å². The quantitative estimate of drug-likeness (QED) is 0.583. The molecule has 0 saturated heterocycles. The molecule has 1 fully saturated rings. The molecule has 3 aromatic rings. The van der Waals surface area contributed by atoms with Crippen molar-refractivity contribution in [2.24, 2.45) is 5.73 Å². The highest BCUT2D eigenvalue weighted by molar-refractivity contribution is 5.86. The minimum absolute atomic E-state index is 0.279. The van der Waals surface area contributed by atoms with Crippen molar-refractivity contribution in [3.63, 3.8) is 0 Å². The van der Waals surface area contributed by atoms with Crippen LogP contribution in [0.25, 0.3) is 10.9 Å². The number of benzene rings is 2. The van der Waals surface area contributed by atoms with E-state index in [4.69, 9.17) is 5.73 Å². The first kappa shape index (κ1) is 18.8. The van der Waals surface area contributed by atoms with E-state index in [2.05, 4.69) is 59.0 Å². The molecule has 0 atom stereocenters. The van der Waals surface area contributed by atoms with Crippen molar-refractivity contribution < 1.29 is 4.79 Å². The average molecular weight is 376 g/mol. The number of hydrogen-bond donors (Lipinski definition) is 3. The highest BCUT2D eigenvalue weighted by atomic mass is 16.1. The van der Waals surface area contributed by atoms with Gasteiger partial charge in [-0.15, -0.1) is 0 Å². The van der Waals surface area contributed by atoms with Crippen LogP contribution in [0.3, 0.4) is 0 Å². The number of aromatic amines is 1. The maximum atomic E-state index is 11.3. The molecule has 4 heteroatoms. The molecule has 0 bridgehead atoms. The topological polar surface area (TPSA) is 70.9 Å². The van der Waals surface area contributed by atoms with Gasteiger partial charge in [-0.25, -0.2) is 0 Å². The van der Waals surface area contributed by atoms with Crippen LogP contribution in [0.4, 0.5) is 0 Å². The van der Waals surface area contributed by atoms with Crippen LogP contribution in [0, 0.1) is 0 Å². The lowest BCUT2D eigenvalue weighted by atomic mass is 9.81. The zero-order chi connectivity index (χ0) is 19.3. The minimum atomic E-state index is -0.279. The number of carbonyl (C=O) groups is 1. The summed E-state index contributed by atoms with van der Waals surface area (Å²) in [7, 11) is 0. The molecule has 1 aliphatic carbocycles. The van der Waals surface area contributed by atoms with Gasteiger partial charge in [0.05, 0.1) is 6.42 Å². The Hall–Kier alpha value is -2.59. The van der Waals surface area contributed by atoms with Gasteiger partial charge in [0.25, 0.3) is 0 Å². The lowest BCUT2D eigenvalue weighted by molar-refractivity contribution is -0.117. The molecule has 4 N–H and O–H groups in total. The van der Waals surface area contributed by atoms with Crippen LogP contribution < -0.4 is 11.1 Å². The average Bonchev–Trinajstić information content (AvgIpc) is 3.12. The summed E-state index contributed by atoms with van der Waals surface area (Å²) in [5.74, 6) is 0.309. The van der Waals surface area contributed by atoms with Gasteiger partial charge in [-0.2, -0.15) is 0 Å². The number of H-pyrrole nitrogens is 1. The second kappa shape index (κ2) is 8.61. The third-order valence-electron chi connectivity index (χ3n) is 6.01. The number of aromatic nitrogens is 1. The molecule has 28 heavy (non-hydrogen) atoms. The normalized spacial score (nSPS) is 19.7. The first-order chi connectivity index (χ1) is 13.7. The molecule has 0 radical (unpaired) electrons.